The first-order valence-electron chi connectivity index (χ1n) is 6.04. The van der Waals surface area contributed by atoms with Crippen LogP contribution in [0, 0.1) is 12.3 Å². The van der Waals surface area contributed by atoms with Gasteiger partial charge in [0, 0.05) is 18.7 Å². The Balaban J connectivity index is 2.77. The Morgan fingerprint density at radius 1 is 1.44 bits per heavy atom. The molecule has 0 amide bonds. The number of aliphatic hydroxyl groups is 1. The van der Waals surface area contributed by atoms with Crippen molar-refractivity contribution >= 4 is 5.84 Å². The zero-order valence-corrected chi connectivity index (χ0v) is 11.6. The fourth-order valence-corrected chi connectivity index (χ4v) is 2.05. The van der Waals surface area contributed by atoms with Crippen molar-refractivity contribution in [1.82, 2.24) is 4.90 Å². The predicted molar refractivity (Wildman–Crippen MR) is 74.8 cm³/mol. The van der Waals surface area contributed by atoms with Gasteiger partial charge in [-0.15, -0.1) is 0 Å². The summed E-state index contributed by atoms with van der Waals surface area (Å²) in [4.78, 5) is 2.08. The Labute approximate surface area is 109 Å². The summed E-state index contributed by atoms with van der Waals surface area (Å²) in [5, 5.41) is 17.2. The summed E-state index contributed by atoms with van der Waals surface area (Å²) in [7, 11) is 1.98. The molecular weight excluding hydrogens is 226 g/mol. The van der Waals surface area contributed by atoms with Gasteiger partial charge in [-0.2, -0.15) is 0 Å². The van der Waals surface area contributed by atoms with Crippen LogP contribution in [0.3, 0.4) is 0 Å². The zero-order chi connectivity index (χ0) is 13.9. The molecule has 0 aliphatic carbocycles. The van der Waals surface area contributed by atoms with Crippen molar-refractivity contribution in [3.63, 3.8) is 0 Å². The van der Waals surface area contributed by atoms with Crippen LogP contribution in [0.2, 0.25) is 0 Å². The maximum absolute atomic E-state index is 9.77. The average molecular weight is 249 g/mol. The van der Waals surface area contributed by atoms with E-state index in [0.29, 0.717) is 6.54 Å². The van der Waals surface area contributed by atoms with Gasteiger partial charge in [0.25, 0.3) is 0 Å². The average Bonchev–Trinajstić information content (AvgIpc) is 2.17. The van der Waals surface area contributed by atoms with Crippen LogP contribution in [-0.2, 0) is 6.54 Å². The van der Waals surface area contributed by atoms with Crippen LogP contribution in [0.25, 0.3) is 0 Å². The van der Waals surface area contributed by atoms with Crippen molar-refractivity contribution in [2.45, 2.75) is 32.9 Å². The van der Waals surface area contributed by atoms with Crippen LogP contribution < -0.4 is 5.73 Å². The van der Waals surface area contributed by atoms with Crippen molar-refractivity contribution in [3.8, 4) is 0 Å². The first-order valence-corrected chi connectivity index (χ1v) is 6.04. The molecule has 0 saturated carbocycles. The highest BCUT2D eigenvalue weighted by Gasteiger charge is 2.16. The fraction of sp³-hybridized carbons (Fsp3) is 0.500. The molecule has 0 aromatic heterocycles. The smallest absolute Gasteiger partial charge is 0.122 e. The molecule has 1 aromatic carbocycles. The van der Waals surface area contributed by atoms with E-state index in [0.717, 1.165) is 17.7 Å². The van der Waals surface area contributed by atoms with Gasteiger partial charge in [0.05, 0.1) is 5.60 Å². The Kier molecular flexibility index (Phi) is 4.48. The maximum atomic E-state index is 9.77. The quantitative estimate of drug-likeness (QED) is 0.546. The first kappa shape index (κ1) is 14.7. The summed E-state index contributed by atoms with van der Waals surface area (Å²) in [6.07, 6.45) is 0. The van der Waals surface area contributed by atoms with Crippen LogP contribution in [0.1, 0.15) is 30.5 Å². The Morgan fingerprint density at radius 3 is 2.50 bits per heavy atom. The summed E-state index contributed by atoms with van der Waals surface area (Å²) in [5.74, 6) is 0.0921. The van der Waals surface area contributed by atoms with E-state index in [2.05, 4.69) is 4.90 Å². The summed E-state index contributed by atoms with van der Waals surface area (Å²) in [6.45, 7) is 7.00. The summed E-state index contributed by atoms with van der Waals surface area (Å²) in [6, 6.07) is 5.78. The van der Waals surface area contributed by atoms with E-state index in [1.165, 1.54) is 5.56 Å². The molecule has 1 aromatic rings. The Morgan fingerprint density at radius 2 is 2.06 bits per heavy atom. The van der Waals surface area contributed by atoms with E-state index in [-0.39, 0.29) is 5.84 Å². The summed E-state index contributed by atoms with van der Waals surface area (Å²) >= 11 is 0. The third kappa shape index (κ3) is 4.47. The lowest BCUT2D eigenvalue weighted by Crippen LogP contribution is -2.35. The highest BCUT2D eigenvalue weighted by Crippen LogP contribution is 2.14. The molecule has 0 heterocycles. The summed E-state index contributed by atoms with van der Waals surface area (Å²) < 4.78 is 0. The highest BCUT2D eigenvalue weighted by molar-refractivity contribution is 5.95. The Bertz CT molecular complexity index is 435. The van der Waals surface area contributed by atoms with E-state index < -0.39 is 5.60 Å². The van der Waals surface area contributed by atoms with Gasteiger partial charge in [0.1, 0.15) is 5.84 Å². The lowest BCUT2D eigenvalue weighted by atomic mass is 10.0. The number of hydrogen-bond donors (Lipinski definition) is 3. The van der Waals surface area contributed by atoms with Gasteiger partial charge in [0.2, 0.25) is 0 Å². The number of hydrogen-bond acceptors (Lipinski definition) is 3. The van der Waals surface area contributed by atoms with Crippen LogP contribution >= 0.6 is 0 Å². The zero-order valence-electron chi connectivity index (χ0n) is 11.6. The van der Waals surface area contributed by atoms with Crippen molar-refractivity contribution < 1.29 is 5.11 Å². The van der Waals surface area contributed by atoms with E-state index >= 15 is 0 Å². The molecule has 4 N–H and O–H groups in total. The summed E-state index contributed by atoms with van der Waals surface area (Å²) in [5.41, 5.74) is 7.82. The van der Waals surface area contributed by atoms with Gasteiger partial charge in [-0.3, -0.25) is 10.3 Å². The van der Waals surface area contributed by atoms with Crippen LogP contribution in [0.5, 0.6) is 0 Å². The molecular formula is C14H23N3O. The largest absolute Gasteiger partial charge is 0.389 e. The molecule has 0 atom stereocenters. The molecule has 4 heteroatoms. The highest BCUT2D eigenvalue weighted by atomic mass is 16.3. The van der Waals surface area contributed by atoms with Gasteiger partial charge in [-0.05, 0) is 45.0 Å². The SMILES string of the molecule is Cc1cc(C(=N)N)ccc1CN(C)CC(C)(C)O. The van der Waals surface area contributed by atoms with E-state index in [1.807, 2.05) is 32.2 Å². The molecule has 0 fully saturated rings. The third-order valence-electron chi connectivity index (χ3n) is 2.75. The monoisotopic (exact) mass is 249 g/mol. The lowest BCUT2D eigenvalue weighted by molar-refractivity contribution is 0.0424. The van der Waals surface area contributed by atoms with Crippen molar-refractivity contribution in [2.75, 3.05) is 13.6 Å². The second kappa shape index (κ2) is 5.50. The topological polar surface area (TPSA) is 73.3 Å². The van der Waals surface area contributed by atoms with E-state index in [9.17, 15) is 5.11 Å². The molecule has 1 rings (SSSR count). The van der Waals surface area contributed by atoms with Crippen LogP contribution in [-0.4, -0.2) is 35.0 Å². The number of aryl methyl sites for hydroxylation is 1. The van der Waals surface area contributed by atoms with Crippen LogP contribution in [0.4, 0.5) is 0 Å². The minimum absolute atomic E-state index is 0.0921. The number of nitrogen functional groups attached to an aromatic ring is 1. The van der Waals surface area contributed by atoms with E-state index in [1.54, 1.807) is 13.8 Å². The molecule has 0 bridgehead atoms. The molecule has 0 unspecified atom stereocenters. The van der Waals surface area contributed by atoms with Crippen molar-refractivity contribution in [1.29, 1.82) is 5.41 Å². The van der Waals surface area contributed by atoms with Gasteiger partial charge >= 0.3 is 0 Å². The molecule has 0 aliphatic rings. The number of benzene rings is 1. The standard InChI is InChI=1S/C14H23N3O/c1-10-7-11(13(15)16)5-6-12(10)8-17(4)9-14(2,3)18/h5-7,18H,8-9H2,1-4H3,(H3,15,16). The predicted octanol–water partition coefficient (Wildman–Crippen LogP) is 1.48. The normalized spacial score (nSPS) is 11.9. The number of amidine groups is 1. The molecule has 0 saturated heterocycles. The van der Waals surface area contributed by atoms with Gasteiger partial charge in [0.15, 0.2) is 0 Å². The lowest BCUT2D eigenvalue weighted by Gasteiger charge is -2.26. The van der Waals surface area contributed by atoms with Crippen molar-refractivity contribution in [3.05, 3.63) is 34.9 Å². The molecule has 0 spiro atoms. The van der Waals surface area contributed by atoms with Crippen molar-refractivity contribution in [2.24, 2.45) is 5.73 Å². The van der Waals surface area contributed by atoms with E-state index in [4.69, 9.17) is 11.1 Å². The minimum atomic E-state index is -0.692. The molecule has 100 valence electrons. The number of nitrogens with two attached hydrogens (primary N) is 1. The van der Waals surface area contributed by atoms with Gasteiger partial charge in [-0.1, -0.05) is 12.1 Å². The number of rotatable bonds is 5. The second-order valence-electron chi connectivity index (χ2n) is 5.54. The number of nitrogens with zero attached hydrogens (tertiary/aromatic N) is 1. The van der Waals surface area contributed by atoms with Gasteiger partial charge < -0.3 is 10.8 Å². The Hall–Kier alpha value is -1.39. The number of nitrogens with one attached hydrogen (secondary N) is 1. The maximum Gasteiger partial charge on any atom is 0.122 e. The minimum Gasteiger partial charge on any atom is -0.389 e. The first-order chi connectivity index (χ1) is 8.19. The number of likely N-dealkylation sites (N-methyl/N-ethyl adjacent to an activating group) is 1. The second-order valence-corrected chi connectivity index (χ2v) is 5.54. The van der Waals surface area contributed by atoms with Gasteiger partial charge in [-0.25, -0.2) is 0 Å². The molecule has 0 aliphatic heterocycles. The molecule has 4 nitrogen and oxygen atoms in total. The third-order valence-corrected chi connectivity index (χ3v) is 2.75. The molecule has 0 radical (unpaired) electrons. The fourth-order valence-electron chi connectivity index (χ4n) is 2.05. The molecule has 18 heavy (non-hydrogen) atoms. The van der Waals surface area contributed by atoms with Crippen LogP contribution in [0.15, 0.2) is 18.2 Å².